The second-order valence-corrected chi connectivity index (χ2v) is 9.35. The molecule has 0 aliphatic rings. The van der Waals surface area contributed by atoms with E-state index >= 15 is 0 Å². The molecule has 3 atom stereocenters. The Bertz CT molecular complexity index is 1160. The van der Waals surface area contributed by atoms with Crippen LogP contribution in [0.2, 0.25) is 0 Å². The van der Waals surface area contributed by atoms with E-state index in [2.05, 4.69) is 10.6 Å². The molecule has 0 spiro atoms. The first-order chi connectivity index (χ1) is 17.7. The molecule has 37 heavy (non-hydrogen) atoms. The summed E-state index contributed by atoms with van der Waals surface area (Å²) in [6.45, 7) is 5.16. The van der Waals surface area contributed by atoms with E-state index in [1.165, 1.54) is 0 Å². The zero-order chi connectivity index (χ0) is 26.8. The molecule has 0 aliphatic carbocycles. The summed E-state index contributed by atoms with van der Waals surface area (Å²) in [5.41, 5.74) is 3.85. The van der Waals surface area contributed by atoms with Gasteiger partial charge in [-0.3, -0.25) is 10.1 Å². The van der Waals surface area contributed by atoms with Crippen LogP contribution in [0.4, 0.5) is 5.69 Å². The molecule has 3 aromatic carbocycles. The van der Waals surface area contributed by atoms with Crippen LogP contribution in [-0.2, 0) is 25.5 Å². The maximum absolute atomic E-state index is 12.9. The molecule has 7 heteroatoms. The Hall–Kier alpha value is -3.97. The lowest BCUT2D eigenvalue weighted by molar-refractivity contribution is -0.162. The lowest BCUT2D eigenvalue weighted by Crippen LogP contribution is -2.51. The number of ether oxygens (including phenoxy) is 1. The summed E-state index contributed by atoms with van der Waals surface area (Å²) in [4.78, 5) is 37.4. The number of anilines is 1. The van der Waals surface area contributed by atoms with Crippen molar-refractivity contribution >= 4 is 23.6 Å². The largest absolute Gasteiger partial charge is 0.480 e. The van der Waals surface area contributed by atoms with Gasteiger partial charge in [0.05, 0.1) is 0 Å². The van der Waals surface area contributed by atoms with Crippen LogP contribution in [0.1, 0.15) is 32.8 Å². The third-order valence-electron chi connectivity index (χ3n) is 6.09. The molecule has 0 aromatic heterocycles. The number of carboxylic acids is 1. The minimum Gasteiger partial charge on any atom is -0.480 e. The predicted octanol–water partition coefficient (Wildman–Crippen LogP) is 4.92. The Kier molecular flexibility index (Phi) is 9.98. The van der Waals surface area contributed by atoms with Crippen molar-refractivity contribution in [3.63, 3.8) is 0 Å². The normalized spacial score (nSPS) is 13.4. The highest BCUT2D eigenvalue weighted by Crippen LogP contribution is 2.21. The molecule has 0 radical (unpaired) electrons. The summed E-state index contributed by atoms with van der Waals surface area (Å²) >= 11 is 0. The maximum atomic E-state index is 12.9. The minimum atomic E-state index is -1.06. The van der Waals surface area contributed by atoms with Crippen molar-refractivity contribution in [3.8, 4) is 11.1 Å². The summed E-state index contributed by atoms with van der Waals surface area (Å²) in [6, 6.07) is 24.4. The predicted molar refractivity (Wildman–Crippen MR) is 144 cm³/mol. The van der Waals surface area contributed by atoms with Gasteiger partial charge < -0.3 is 15.2 Å². The molecule has 3 aromatic rings. The molecule has 0 heterocycles. The van der Waals surface area contributed by atoms with Gasteiger partial charge in [-0.2, -0.15) is 0 Å². The Balaban J connectivity index is 1.57. The quantitative estimate of drug-likeness (QED) is 0.238. The number of carbonyl (C=O) groups is 3. The molecular formula is C30H34N2O5. The Labute approximate surface area is 217 Å². The average Bonchev–Trinajstić information content (AvgIpc) is 2.89. The van der Waals surface area contributed by atoms with Crippen molar-refractivity contribution in [3.05, 3.63) is 90.5 Å². The summed E-state index contributed by atoms with van der Waals surface area (Å²) < 4.78 is 5.15. The third-order valence-corrected chi connectivity index (χ3v) is 6.09. The fourth-order valence-corrected chi connectivity index (χ4v) is 3.93. The molecule has 0 fully saturated rings. The number of benzene rings is 3. The zero-order valence-electron chi connectivity index (χ0n) is 21.4. The fraction of sp³-hybridized carbons (Fsp3) is 0.300. The monoisotopic (exact) mass is 502 g/mol. The van der Waals surface area contributed by atoms with Gasteiger partial charge in [0.1, 0.15) is 18.1 Å². The molecule has 0 amide bonds. The first kappa shape index (κ1) is 27.6. The first-order valence-electron chi connectivity index (χ1n) is 12.4. The van der Waals surface area contributed by atoms with E-state index in [0.717, 1.165) is 16.7 Å². The van der Waals surface area contributed by atoms with Crippen LogP contribution < -0.4 is 10.6 Å². The minimum absolute atomic E-state index is 0.285. The van der Waals surface area contributed by atoms with Crippen molar-refractivity contribution in [2.75, 3.05) is 5.32 Å². The number of nitrogens with one attached hydrogen (secondary N) is 2. The molecule has 1 unspecified atom stereocenters. The van der Waals surface area contributed by atoms with Gasteiger partial charge in [0.15, 0.2) is 0 Å². The molecule has 0 saturated carbocycles. The molecule has 0 aliphatic heterocycles. The molecule has 0 bridgehead atoms. The van der Waals surface area contributed by atoms with Crippen molar-refractivity contribution in [2.45, 2.75) is 51.7 Å². The lowest BCUT2D eigenvalue weighted by atomic mass is 10.0. The van der Waals surface area contributed by atoms with E-state index in [-0.39, 0.29) is 5.92 Å². The number of hydrogen-bond acceptors (Lipinski definition) is 6. The van der Waals surface area contributed by atoms with Crippen LogP contribution in [0, 0.1) is 5.92 Å². The van der Waals surface area contributed by atoms with Gasteiger partial charge in [-0.05, 0) is 54.5 Å². The molecular weight excluding hydrogens is 468 g/mol. The highest BCUT2D eigenvalue weighted by atomic mass is 16.6. The summed E-state index contributed by atoms with van der Waals surface area (Å²) in [5, 5.41) is 15.6. The average molecular weight is 503 g/mol. The summed E-state index contributed by atoms with van der Waals surface area (Å²) in [7, 11) is 0. The number of hydrogen-bond donors (Lipinski definition) is 3. The van der Waals surface area contributed by atoms with Gasteiger partial charge in [0.25, 0.3) is 0 Å². The van der Waals surface area contributed by atoms with Gasteiger partial charge in [-0.1, -0.05) is 86.6 Å². The van der Waals surface area contributed by atoms with Crippen LogP contribution in [0.15, 0.2) is 84.9 Å². The number of aliphatic carboxylic acids is 1. The van der Waals surface area contributed by atoms with Crippen molar-refractivity contribution in [2.24, 2.45) is 5.92 Å². The Morgan fingerprint density at radius 3 is 1.92 bits per heavy atom. The molecule has 0 saturated heterocycles. The van der Waals surface area contributed by atoms with E-state index < -0.39 is 36.0 Å². The number of carbonyl (C=O) groups excluding carboxylic acids is 2. The number of aryl methyl sites for hydroxylation is 1. The zero-order valence-corrected chi connectivity index (χ0v) is 21.4. The molecule has 3 rings (SSSR count). The second-order valence-electron chi connectivity index (χ2n) is 9.35. The second kappa shape index (κ2) is 13.4. The maximum Gasteiger partial charge on any atom is 0.335 e. The summed E-state index contributed by atoms with van der Waals surface area (Å²) in [5.74, 6) is -2.87. The van der Waals surface area contributed by atoms with E-state index in [0.29, 0.717) is 18.5 Å². The Morgan fingerprint density at radius 1 is 0.784 bits per heavy atom. The Morgan fingerprint density at radius 2 is 1.35 bits per heavy atom. The topological polar surface area (TPSA) is 105 Å². The summed E-state index contributed by atoms with van der Waals surface area (Å²) in [6.07, 6.45) is 0.828. The van der Waals surface area contributed by atoms with Crippen LogP contribution in [0.5, 0.6) is 0 Å². The van der Waals surface area contributed by atoms with Gasteiger partial charge in [-0.15, -0.1) is 0 Å². The van der Waals surface area contributed by atoms with Gasteiger partial charge in [0, 0.05) is 5.69 Å². The van der Waals surface area contributed by atoms with Crippen molar-refractivity contribution < 1.29 is 24.2 Å². The lowest BCUT2D eigenvalue weighted by Gasteiger charge is -2.25. The molecule has 3 N–H and O–H groups in total. The number of esters is 2. The number of rotatable bonds is 12. The SMILES string of the molecule is CC(C)[C@H](NC(CCc1ccccc1)C(=O)O)C(=O)OC(=O)[C@H](C)Nc1ccc(-c2ccccc2)cc1. The van der Waals surface area contributed by atoms with Gasteiger partial charge in [-0.25, -0.2) is 9.59 Å². The van der Waals surface area contributed by atoms with Crippen LogP contribution in [0.3, 0.4) is 0 Å². The smallest absolute Gasteiger partial charge is 0.335 e. The molecule has 194 valence electrons. The van der Waals surface area contributed by atoms with E-state index in [1.807, 2.05) is 84.9 Å². The van der Waals surface area contributed by atoms with Crippen LogP contribution in [-0.4, -0.2) is 41.1 Å². The van der Waals surface area contributed by atoms with Gasteiger partial charge in [0.2, 0.25) is 0 Å². The van der Waals surface area contributed by atoms with E-state index in [1.54, 1.807) is 20.8 Å². The van der Waals surface area contributed by atoms with Crippen molar-refractivity contribution in [1.82, 2.24) is 5.32 Å². The van der Waals surface area contributed by atoms with Crippen LogP contribution >= 0.6 is 0 Å². The standard InChI is InChI=1S/C30H34N2O5/c1-20(2)27(32-26(28(33)34)19-14-22-10-6-4-7-11-22)30(36)37-29(35)21(3)31-25-17-15-24(16-18-25)23-12-8-5-9-13-23/h4-13,15-18,20-21,26-27,31-32H,14,19H2,1-3H3,(H,33,34)/t21-,26?,27-/m0/s1. The highest BCUT2D eigenvalue weighted by Gasteiger charge is 2.32. The highest BCUT2D eigenvalue weighted by molar-refractivity contribution is 5.92. The third kappa shape index (κ3) is 8.29. The van der Waals surface area contributed by atoms with Gasteiger partial charge >= 0.3 is 17.9 Å². The first-order valence-corrected chi connectivity index (χ1v) is 12.4. The van der Waals surface area contributed by atoms with Crippen molar-refractivity contribution in [1.29, 1.82) is 0 Å². The molecule has 7 nitrogen and oxygen atoms in total. The number of carboxylic acid groups (broad SMARTS) is 1. The van der Waals surface area contributed by atoms with E-state index in [9.17, 15) is 19.5 Å². The fourth-order valence-electron chi connectivity index (χ4n) is 3.93. The van der Waals surface area contributed by atoms with E-state index in [4.69, 9.17) is 4.74 Å². The van der Waals surface area contributed by atoms with Crippen LogP contribution in [0.25, 0.3) is 11.1 Å².